The molecular weight excluding hydrogens is 398 g/mol. The first-order valence-electron chi connectivity index (χ1n) is 10.6. The Morgan fingerprint density at radius 1 is 1.16 bits per heavy atom. The third-order valence-corrected chi connectivity index (χ3v) is 5.59. The molecule has 9 heteroatoms. The smallest absolute Gasteiger partial charge is 0.407 e. The number of hydrogen-bond donors (Lipinski definition) is 1. The van der Waals surface area contributed by atoms with Crippen LogP contribution in [0.2, 0.25) is 0 Å². The Balaban J connectivity index is 1.33. The number of ether oxygens (including phenoxy) is 3. The van der Waals surface area contributed by atoms with Crippen molar-refractivity contribution in [2.45, 2.75) is 25.5 Å². The second kappa shape index (κ2) is 9.82. The average molecular weight is 428 g/mol. The lowest BCUT2D eigenvalue weighted by Gasteiger charge is -2.27. The molecule has 0 spiro atoms. The molecule has 2 aromatic rings. The molecule has 2 saturated heterocycles. The van der Waals surface area contributed by atoms with Crippen LogP contribution in [0.15, 0.2) is 36.5 Å². The van der Waals surface area contributed by atoms with E-state index in [-0.39, 0.29) is 12.1 Å². The number of aromatic nitrogens is 2. The Bertz CT molecular complexity index is 872. The van der Waals surface area contributed by atoms with Crippen LogP contribution in [0.3, 0.4) is 0 Å². The molecule has 1 unspecified atom stereocenters. The highest BCUT2D eigenvalue weighted by atomic mass is 16.5. The van der Waals surface area contributed by atoms with Crippen LogP contribution < -0.4 is 19.9 Å². The monoisotopic (exact) mass is 427 g/mol. The number of morpholine rings is 1. The van der Waals surface area contributed by atoms with Gasteiger partial charge in [0.05, 0.1) is 32.9 Å². The van der Waals surface area contributed by atoms with Gasteiger partial charge in [0.2, 0.25) is 5.95 Å². The van der Waals surface area contributed by atoms with Gasteiger partial charge in [0.25, 0.3) is 0 Å². The number of hydrogen-bond acceptors (Lipinski definition) is 8. The highest BCUT2D eigenvalue weighted by Gasteiger charge is 2.26. The summed E-state index contributed by atoms with van der Waals surface area (Å²) in [5.74, 6) is 2.51. The van der Waals surface area contributed by atoms with E-state index in [2.05, 4.69) is 24.8 Å². The summed E-state index contributed by atoms with van der Waals surface area (Å²) in [6.45, 7) is 6.64. The van der Waals surface area contributed by atoms with Crippen LogP contribution in [0.25, 0.3) is 0 Å². The van der Waals surface area contributed by atoms with Gasteiger partial charge in [-0.2, -0.15) is 4.98 Å². The molecule has 2 atom stereocenters. The minimum Gasteiger partial charge on any atom is -0.489 e. The molecule has 31 heavy (non-hydrogen) atoms. The maximum absolute atomic E-state index is 11.4. The normalized spacial score (nSPS) is 19.7. The van der Waals surface area contributed by atoms with Crippen molar-refractivity contribution < 1.29 is 19.0 Å². The van der Waals surface area contributed by atoms with Gasteiger partial charge in [-0.05, 0) is 30.7 Å². The predicted molar refractivity (Wildman–Crippen MR) is 117 cm³/mol. The molecule has 0 radical (unpaired) electrons. The molecular formula is C22H29N5O4. The van der Waals surface area contributed by atoms with Gasteiger partial charge in [-0.25, -0.2) is 9.78 Å². The van der Waals surface area contributed by atoms with Crippen molar-refractivity contribution in [3.8, 4) is 5.75 Å². The SMILES string of the molecule is COC(=O)N[C@@H](C)c1ccc(OC2CCN(c3ccnc(N4CCOCC4)n3)C2)cc1. The Morgan fingerprint density at radius 3 is 2.68 bits per heavy atom. The van der Waals surface area contributed by atoms with Crippen LogP contribution in [-0.2, 0) is 9.47 Å². The summed E-state index contributed by atoms with van der Waals surface area (Å²) in [4.78, 5) is 25.0. The van der Waals surface area contributed by atoms with Crippen LogP contribution in [0.5, 0.6) is 5.75 Å². The van der Waals surface area contributed by atoms with Gasteiger partial charge >= 0.3 is 6.09 Å². The zero-order valence-corrected chi connectivity index (χ0v) is 18.0. The van der Waals surface area contributed by atoms with Crippen molar-refractivity contribution in [1.29, 1.82) is 0 Å². The van der Waals surface area contributed by atoms with Crippen LogP contribution in [0.1, 0.15) is 24.9 Å². The van der Waals surface area contributed by atoms with E-state index >= 15 is 0 Å². The quantitative estimate of drug-likeness (QED) is 0.752. The number of alkyl carbamates (subject to hydrolysis) is 1. The second-order valence-corrected chi connectivity index (χ2v) is 7.72. The third-order valence-electron chi connectivity index (χ3n) is 5.59. The fraction of sp³-hybridized carbons (Fsp3) is 0.500. The summed E-state index contributed by atoms with van der Waals surface area (Å²) in [6, 6.07) is 9.62. The van der Waals surface area contributed by atoms with Crippen molar-refractivity contribution in [2.24, 2.45) is 0 Å². The van der Waals surface area contributed by atoms with E-state index in [4.69, 9.17) is 14.5 Å². The summed E-state index contributed by atoms with van der Waals surface area (Å²) < 4.78 is 16.2. The van der Waals surface area contributed by atoms with Crippen molar-refractivity contribution >= 4 is 17.9 Å². The number of methoxy groups -OCH3 is 1. The largest absolute Gasteiger partial charge is 0.489 e. The topological polar surface area (TPSA) is 89.1 Å². The van der Waals surface area contributed by atoms with Gasteiger partial charge in [0, 0.05) is 32.3 Å². The van der Waals surface area contributed by atoms with Gasteiger partial charge in [-0.3, -0.25) is 0 Å². The molecule has 1 aromatic heterocycles. The molecule has 2 aliphatic heterocycles. The Kier molecular flexibility index (Phi) is 6.71. The zero-order chi connectivity index (χ0) is 21.6. The average Bonchev–Trinajstić information content (AvgIpc) is 3.28. The van der Waals surface area contributed by atoms with Crippen molar-refractivity contribution in [2.75, 3.05) is 56.3 Å². The lowest BCUT2D eigenvalue weighted by molar-refractivity contribution is 0.122. The standard InChI is InChI=1S/C22H29N5O4/c1-16(24-22(28)29-2)17-3-5-18(6-4-17)31-19-8-10-27(15-19)20-7-9-23-21(25-20)26-11-13-30-14-12-26/h3-7,9,16,19H,8,10-15H2,1-2H3,(H,24,28)/t16-,19?/m0/s1. The summed E-state index contributed by atoms with van der Waals surface area (Å²) in [5.41, 5.74) is 0.988. The molecule has 2 fully saturated rings. The van der Waals surface area contributed by atoms with Crippen molar-refractivity contribution in [3.05, 3.63) is 42.1 Å². The van der Waals surface area contributed by atoms with Gasteiger partial charge in [-0.15, -0.1) is 0 Å². The number of anilines is 2. The Labute approximate surface area is 182 Å². The predicted octanol–water partition coefficient (Wildman–Crippen LogP) is 2.39. The minimum absolute atomic E-state index is 0.0956. The van der Waals surface area contributed by atoms with Crippen molar-refractivity contribution in [1.82, 2.24) is 15.3 Å². The fourth-order valence-corrected chi connectivity index (χ4v) is 3.81. The summed E-state index contributed by atoms with van der Waals surface area (Å²) >= 11 is 0. The lowest BCUT2D eigenvalue weighted by atomic mass is 10.1. The molecule has 9 nitrogen and oxygen atoms in total. The van der Waals surface area contributed by atoms with Gasteiger partial charge < -0.3 is 29.3 Å². The van der Waals surface area contributed by atoms with Gasteiger partial charge in [0.1, 0.15) is 17.7 Å². The number of nitrogens with zero attached hydrogens (tertiary/aromatic N) is 4. The second-order valence-electron chi connectivity index (χ2n) is 7.72. The van der Waals surface area contributed by atoms with E-state index in [0.717, 1.165) is 55.7 Å². The maximum Gasteiger partial charge on any atom is 0.407 e. The maximum atomic E-state index is 11.4. The Morgan fingerprint density at radius 2 is 1.94 bits per heavy atom. The molecule has 1 N–H and O–H groups in total. The molecule has 0 bridgehead atoms. The molecule has 1 aromatic carbocycles. The summed E-state index contributed by atoms with van der Waals surface area (Å²) in [5, 5.41) is 2.76. The Hall–Kier alpha value is -3.07. The van der Waals surface area contributed by atoms with E-state index in [1.54, 1.807) is 0 Å². The van der Waals surface area contributed by atoms with Crippen LogP contribution in [0, 0.1) is 0 Å². The van der Waals surface area contributed by atoms with E-state index in [1.165, 1.54) is 7.11 Å². The third kappa shape index (κ3) is 5.35. The van der Waals surface area contributed by atoms with E-state index < -0.39 is 6.09 Å². The zero-order valence-electron chi connectivity index (χ0n) is 18.0. The minimum atomic E-state index is -0.444. The van der Waals surface area contributed by atoms with Crippen LogP contribution >= 0.6 is 0 Å². The molecule has 166 valence electrons. The van der Waals surface area contributed by atoms with Crippen molar-refractivity contribution in [3.63, 3.8) is 0 Å². The number of amides is 1. The van der Waals surface area contributed by atoms with Gasteiger partial charge in [-0.1, -0.05) is 12.1 Å². The van der Waals surface area contributed by atoms with E-state index in [1.807, 2.05) is 43.5 Å². The summed E-state index contributed by atoms with van der Waals surface area (Å²) in [6.07, 6.45) is 2.40. The lowest BCUT2D eigenvalue weighted by Crippen LogP contribution is -2.37. The highest BCUT2D eigenvalue weighted by Crippen LogP contribution is 2.25. The van der Waals surface area contributed by atoms with E-state index in [9.17, 15) is 4.79 Å². The number of carbonyl (C=O) groups excluding carboxylic acids is 1. The molecule has 4 rings (SSSR count). The first-order chi connectivity index (χ1) is 15.1. The van der Waals surface area contributed by atoms with Crippen LogP contribution in [-0.4, -0.2) is 68.7 Å². The molecule has 0 aliphatic carbocycles. The molecule has 0 saturated carbocycles. The number of nitrogens with one attached hydrogen (secondary N) is 1. The number of rotatable bonds is 6. The first-order valence-corrected chi connectivity index (χ1v) is 10.6. The van der Waals surface area contributed by atoms with E-state index in [0.29, 0.717) is 13.2 Å². The van der Waals surface area contributed by atoms with Gasteiger partial charge in [0.15, 0.2) is 0 Å². The molecule has 3 heterocycles. The molecule has 1 amide bonds. The first kappa shape index (κ1) is 21.2. The highest BCUT2D eigenvalue weighted by molar-refractivity contribution is 5.67. The molecule has 2 aliphatic rings. The number of benzene rings is 1. The fourth-order valence-electron chi connectivity index (χ4n) is 3.81. The number of carbonyl (C=O) groups is 1. The summed E-state index contributed by atoms with van der Waals surface area (Å²) in [7, 11) is 1.36. The van der Waals surface area contributed by atoms with Crippen LogP contribution in [0.4, 0.5) is 16.6 Å².